The molecular weight excluding hydrogens is 302 g/mol. The molecule has 0 N–H and O–H groups in total. The Morgan fingerprint density at radius 3 is 2.75 bits per heavy atom. The van der Waals surface area contributed by atoms with E-state index in [2.05, 4.69) is 16.0 Å². The van der Waals surface area contributed by atoms with Crippen molar-refractivity contribution in [1.29, 1.82) is 5.26 Å². The second-order valence-electron chi connectivity index (χ2n) is 5.77. The lowest BCUT2D eigenvalue weighted by molar-refractivity contribution is 0.313. The van der Waals surface area contributed by atoms with Crippen LogP contribution in [0.5, 0.6) is 17.4 Å². The second kappa shape index (κ2) is 7.80. The molecule has 5 nitrogen and oxygen atoms in total. The normalized spacial score (nSPS) is 14.3. The number of pyridine rings is 1. The standard InChI is InChI=1S/C19H21N3O2/c1-2-23-18-12-15(14-22-10-3-4-11-22)8-9-17(18)24-19-7-5-6-16(13-20)21-19/h5-9,12H,2-4,10-11,14H2,1H3. The highest BCUT2D eigenvalue weighted by molar-refractivity contribution is 5.45. The third-order valence-electron chi connectivity index (χ3n) is 3.97. The third-order valence-corrected chi connectivity index (χ3v) is 3.97. The highest BCUT2D eigenvalue weighted by Gasteiger charge is 2.14. The molecule has 1 aromatic heterocycles. The van der Waals surface area contributed by atoms with Crippen molar-refractivity contribution in [1.82, 2.24) is 9.88 Å². The minimum absolute atomic E-state index is 0.330. The number of hydrogen-bond acceptors (Lipinski definition) is 5. The molecule has 24 heavy (non-hydrogen) atoms. The largest absolute Gasteiger partial charge is 0.490 e. The maximum absolute atomic E-state index is 8.94. The van der Waals surface area contributed by atoms with E-state index in [9.17, 15) is 0 Å². The first-order valence-electron chi connectivity index (χ1n) is 8.31. The van der Waals surface area contributed by atoms with Crippen LogP contribution in [-0.2, 0) is 6.54 Å². The molecule has 1 aromatic carbocycles. The van der Waals surface area contributed by atoms with Gasteiger partial charge in [-0.25, -0.2) is 4.98 Å². The molecule has 3 rings (SSSR count). The molecule has 0 amide bonds. The summed E-state index contributed by atoms with van der Waals surface area (Å²) in [7, 11) is 0. The minimum Gasteiger partial charge on any atom is -0.490 e. The lowest BCUT2D eigenvalue weighted by Crippen LogP contribution is -2.18. The van der Waals surface area contributed by atoms with Gasteiger partial charge in [-0.05, 0) is 56.6 Å². The Morgan fingerprint density at radius 2 is 2.00 bits per heavy atom. The van der Waals surface area contributed by atoms with Crippen LogP contribution in [0.3, 0.4) is 0 Å². The summed E-state index contributed by atoms with van der Waals surface area (Å²) in [5, 5.41) is 8.94. The quantitative estimate of drug-likeness (QED) is 0.810. The summed E-state index contributed by atoms with van der Waals surface area (Å²) in [5.74, 6) is 1.71. The summed E-state index contributed by atoms with van der Waals surface area (Å²) in [4.78, 5) is 6.59. The number of likely N-dealkylation sites (tertiary alicyclic amines) is 1. The third kappa shape index (κ3) is 4.03. The monoisotopic (exact) mass is 323 g/mol. The van der Waals surface area contributed by atoms with E-state index < -0.39 is 0 Å². The molecule has 0 bridgehead atoms. The Morgan fingerprint density at radius 1 is 1.17 bits per heavy atom. The Kier molecular flexibility index (Phi) is 5.29. The summed E-state index contributed by atoms with van der Waals surface area (Å²) in [5.41, 5.74) is 1.54. The molecule has 2 aromatic rings. The number of aromatic nitrogens is 1. The molecule has 0 aliphatic carbocycles. The van der Waals surface area contributed by atoms with Crippen molar-refractivity contribution >= 4 is 0 Å². The average molecular weight is 323 g/mol. The predicted molar refractivity (Wildman–Crippen MR) is 91.1 cm³/mol. The molecule has 1 saturated heterocycles. The van der Waals surface area contributed by atoms with Gasteiger partial charge in [0.05, 0.1) is 6.61 Å². The number of rotatable bonds is 6. The van der Waals surface area contributed by atoms with Crippen LogP contribution < -0.4 is 9.47 Å². The first-order valence-corrected chi connectivity index (χ1v) is 8.31. The molecule has 1 aliphatic heterocycles. The summed E-state index contributed by atoms with van der Waals surface area (Å²) >= 11 is 0. The van der Waals surface area contributed by atoms with Gasteiger partial charge >= 0.3 is 0 Å². The SMILES string of the molecule is CCOc1cc(CN2CCCC2)ccc1Oc1cccc(C#N)n1. The number of benzene rings is 1. The van der Waals surface area contributed by atoms with E-state index in [0.717, 1.165) is 19.6 Å². The molecule has 5 heteroatoms. The minimum atomic E-state index is 0.330. The number of ether oxygens (including phenoxy) is 2. The highest BCUT2D eigenvalue weighted by Crippen LogP contribution is 2.32. The summed E-state index contributed by atoms with van der Waals surface area (Å²) < 4.78 is 11.6. The maximum atomic E-state index is 8.94. The highest BCUT2D eigenvalue weighted by atomic mass is 16.5. The van der Waals surface area contributed by atoms with Gasteiger partial charge in [0.2, 0.25) is 5.88 Å². The molecule has 1 aliphatic rings. The van der Waals surface area contributed by atoms with Crippen LogP contribution in [0.4, 0.5) is 0 Å². The van der Waals surface area contributed by atoms with Crippen molar-refractivity contribution in [3.05, 3.63) is 47.7 Å². The van der Waals surface area contributed by atoms with Gasteiger partial charge in [0, 0.05) is 12.6 Å². The molecular formula is C19H21N3O2. The molecule has 2 heterocycles. The van der Waals surface area contributed by atoms with Crippen molar-refractivity contribution in [3.63, 3.8) is 0 Å². The first-order chi connectivity index (χ1) is 11.8. The van der Waals surface area contributed by atoms with Gasteiger partial charge in [-0.15, -0.1) is 0 Å². The zero-order valence-corrected chi connectivity index (χ0v) is 13.9. The van der Waals surface area contributed by atoms with E-state index in [1.54, 1.807) is 18.2 Å². The van der Waals surface area contributed by atoms with Gasteiger partial charge in [-0.1, -0.05) is 12.1 Å². The van der Waals surface area contributed by atoms with Crippen LogP contribution in [-0.4, -0.2) is 29.6 Å². The van der Waals surface area contributed by atoms with Gasteiger partial charge in [0.15, 0.2) is 11.5 Å². The van der Waals surface area contributed by atoms with Gasteiger partial charge in [0.1, 0.15) is 11.8 Å². The van der Waals surface area contributed by atoms with Crippen molar-refractivity contribution in [2.45, 2.75) is 26.3 Å². The van der Waals surface area contributed by atoms with Crippen LogP contribution in [0.1, 0.15) is 31.0 Å². The zero-order chi connectivity index (χ0) is 16.8. The van der Waals surface area contributed by atoms with Crippen LogP contribution in [0.2, 0.25) is 0 Å². The first kappa shape index (κ1) is 16.3. The predicted octanol–water partition coefficient (Wildman–Crippen LogP) is 3.74. The van der Waals surface area contributed by atoms with Crippen molar-refractivity contribution in [3.8, 4) is 23.4 Å². The Balaban J connectivity index is 1.79. The molecule has 0 unspecified atom stereocenters. The zero-order valence-electron chi connectivity index (χ0n) is 13.9. The average Bonchev–Trinajstić information content (AvgIpc) is 3.11. The van der Waals surface area contributed by atoms with Gasteiger partial charge in [-0.2, -0.15) is 5.26 Å². The number of hydrogen-bond donors (Lipinski definition) is 0. The van der Waals surface area contributed by atoms with Crippen molar-refractivity contribution in [2.24, 2.45) is 0 Å². The number of nitrogens with zero attached hydrogens (tertiary/aromatic N) is 3. The molecule has 1 fully saturated rings. The van der Waals surface area contributed by atoms with E-state index in [4.69, 9.17) is 14.7 Å². The smallest absolute Gasteiger partial charge is 0.220 e. The van der Waals surface area contributed by atoms with Crippen molar-refractivity contribution < 1.29 is 9.47 Å². The Bertz CT molecular complexity index is 734. The Labute approximate surface area is 142 Å². The second-order valence-corrected chi connectivity index (χ2v) is 5.77. The van der Waals surface area contributed by atoms with Crippen LogP contribution in [0.15, 0.2) is 36.4 Å². The molecule has 0 saturated carbocycles. The van der Waals surface area contributed by atoms with Crippen LogP contribution >= 0.6 is 0 Å². The van der Waals surface area contributed by atoms with E-state index in [0.29, 0.717) is 29.7 Å². The van der Waals surface area contributed by atoms with Crippen molar-refractivity contribution in [2.75, 3.05) is 19.7 Å². The molecule has 124 valence electrons. The lowest BCUT2D eigenvalue weighted by atomic mass is 10.2. The molecule has 0 radical (unpaired) electrons. The lowest BCUT2D eigenvalue weighted by Gasteiger charge is -2.17. The fourth-order valence-electron chi connectivity index (χ4n) is 2.85. The fourth-order valence-corrected chi connectivity index (χ4v) is 2.85. The van der Waals surface area contributed by atoms with E-state index in [1.165, 1.54) is 18.4 Å². The topological polar surface area (TPSA) is 58.4 Å². The summed E-state index contributed by atoms with van der Waals surface area (Å²) in [6.07, 6.45) is 2.56. The van der Waals surface area contributed by atoms with E-state index in [-0.39, 0.29) is 0 Å². The molecule has 0 atom stereocenters. The van der Waals surface area contributed by atoms with Crippen LogP contribution in [0.25, 0.3) is 0 Å². The molecule has 0 spiro atoms. The van der Waals surface area contributed by atoms with E-state index in [1.807, 2.05) is 25.1 Å². The summed E-state index contributed by atoms with van der Waals surface area (Å²) in [6.45, 7) is 5.77. The van der Waals surface area contributed by atoms with E-state index >= 15 is 0 Å². The number of nitriles is 1. The van der Waals surface area contributed by atoms with Gasteiger partial charge < -0.3 is 9.47 Å². The maximum Gasteiger partial charge on any atom is 0.220 e. The van der Waals surface area contributed by atoms with Crippen LogP contribution in [0, 0.1) is 11.3 Å². The summed E-state index contributed by atoms with van der Waals surface area (Å²) in [6, 6.07) is 13.2. The van der Waals surface area contributed by atoms with Gasteiger partial charge in [-0.3, -0.25) is 4.90 Å². The fraction of sp³-hybridized carbons (Fsp3) is 0.368. The van der Waals surface area contributed by atoms with Gasteiger partial charge in [0.25, 0.3) is 0 Å². The Hall–Kier alpha value is -2.58.